The molecule has 1 saturated carbocycles. The van der Waals surface area contributed by atoms with Gasteiger partial charge in [0.1, 0.15) is 0 Å². The molecule has 20 heavy (non-hydrogen) atoms. The monoisotopic (exact) mass is 293 g/mol. The lowest BCUT2D eigenvalue weighted by Gasteiger charge is -2.16. The van der Waals surface area contributed by atoms with E-state index in [9.17, 15) is 9.59 Å². The van der Waals surface area contributed by atoms with Gasteiger partial charge >= 0.3 is 5.97 Å². The molecule has 1 aliphatic rings. The Labute approximate surface area is 122 Å². The number of rotatable bonds is 5. The molecule has 5 heteroatoms. The maximum atomic E-state index is 11.9. The van der Waals surface area contributed by atoms with Crippen molar-refractivity contribution < 1.29 is 14.3 Å². The van der Waals surface area contributed by atoms with Crippen LogP contribution in [-0.2, 0) is 14.3 Å². The van der Waals surface area contributed by atoms with Crippen molar-refractivity contribution >= 4 is 29.3 Å². The van der Waals surface area contributed by atoms with Gasteiger partial charge in [-0.2, -0.15) is 11.3 Å². The topological polar surface area (TPSA) is 55.4 Å². The number of ether oxygens (including phenoxy) is 1. The summed E-state index contributed by atoms with van der Waals surface area (Å²) in [5.74, 6) is -0.709. The van der Waals surface area contributed by atoms with Gasteiger partial charge in [0.15, 0.2) is 6.10 Å². The first-order valence-electron chi connectivity index (χ1n) is 6.86. The Bertz CT molecular complexity index is 475. The van der Waals surface area contributed by atoms with E-state index in [1.54, 1.807) is 24.3 Å². The zero-order chi connectivity index (χ0) is 14.4. The van der Waals surface area contributed by atoms with Crippen molar-refractivity contribution in [2.24, 2.45) is 0 Å². The van der Waals surface area contributed by atoms with Crippen LogP contribution in [0.1, 0.15) is 38.2 Å². The fourth-order valence-corrected chi connectivity index (χ4v) is 2.82. The predicted octanol–water partition coefficient (Wildman–Crippen LogP) is 2.75. The summed E-state index contributed by atoms with van der Waals surface area (Å²) < 4.78 is 5.09. The van der Waals surface area contributed by atoms with Crippen LogP contribution in [0.2, 0.25) is 0 Å². The molecule has 1 aromatic heterocycles. The van der Waals surface area contributed by atoms with Crippen LogP contribution in [0, 0.1) is 0 Å². The minimum atomic E-state index is -0.754. The fraction of sp³-hybridized carbons (Fsp3) is 0.467. The number of hydrogen-bond donors (Lipinski definition) is 1. The molecule has 1 fully saturated rings. The second kappa shape index (κ2) is 7.24. The van der Waals surface area contributed by atoms with Crippen LogP contribution in [0.3, 0.4) is 0 Å². The van der Waals surface area contributed by atoms with Crippen molar-refractivity contribution in [1.82, 2.24) is 5.32 Å². The quantitative estimate of drug-likeness (QED) is 0.671. The van der Waals surface area contributed by atoms with E-state index in [0.29, 0.717) is 0 Å². The first kappa shape index (κ1) is 14.8. The van der Waals surface area contributed by atoms with Crippen LogP contribution >= 0.6 is 11.3 Å². The Hall–Kier alpha value is -1.62. The second-order valence-electron chi connectivity index (χ2n) is 4.96. The molecule has 1 N–H and O–H groups in total. The lowest BCUT2D eigenvalue weighted by atomic mass is 10.2. The Morgan fingerprint density at radius 2 is 2.20 bits per heavy atom. The van der Waals surface area contributed by atoms with E-state index < -0.39 is 12.1 Å². The third-order valence-corrected chi connectivity index (χ3v) is 4.02. The van der Waals surface area contributed by atoms with Crippen molar-refractivity contribution in [2.75, 3.05) is 0 Å². The van der Waals surface area contributed by atoms with Gasteiger partial charge in [-0.3, -0.25) is 4.79 Å². The smallest absolute Gasteiger partial charge is 0.331 e. The molecule has 0 radical (unpaired) electrons. The molecule has 0 bridgehead atoms. The highest BCUT2D eigenvalue weighted by atomic mass is 32.1. The van der Waals surface area contributed by atoms with Gasteiger partial charge in [-0.15, -0.1) is 0 Å². The Balaban J connectivity index is 1.76. The van der Waals surface area contributed by atoms with Crippen LogP contribution in [0.25, 0.3) is 6.08 Å². The van der Waals surface area contributed by atoms with E-state index in [-0.39, 0.29) is 11.9 Å². The number of nitrogens with one attached hydrogen (secondary N) is 1. The summed E-state index contributed by atoms with van der Waals surface area (Å²) in [7, 11) is 0. The number of carbonyl (C=O) groups excluding carboxylic acids is 2. The molecule has 0 saturated heterocycles. The Morgan fingerprint density at radius 3 is 2.85 bits per heavy atom. The molecule has 1 amide bonds. The van der Waals surface area contributed by atoms with E-state index >= 15 is 0 Å². The average Bonchev–Trinajstić information content (AvgIpc) is 3.09. The van der Waals surface area contributed by atoms with Gasteiger partial charge in [0.25, 0.3) is 5.91 Å². The summed E-state index contributed by atoms with van der Waals surface area (Å²) in [5.41, 5.74) is 0.954. The molecule has 0 aliphatic heterocycles. The highest BCUT2D eigenvalue weighted by molar-refractivity contribution is 7.08. The number of esters is 1. The van der Waals surface area contributed by atoms with Crippen molar-refractivity contribution in [3.05, 3.63) is 28.5 Å². The van der Waals surface area contributed by atoms with Gasteiger partial charge in [0.2, 0.25) is 0 Å². The number of thiophene rings is 1. The summed E-state index contributed by atoms with van der Waals surface area (Å²) in [6, 6.07) is 2.15. The minimum absolute atomic E-state index is 0.214. The number of hydrogen-bond acceptors (Lipinski definition) is 4. The number of carbonyl (C=O) groups is 2. The summed E-state index contributed by atoms with van der Waals surface area (Å²) >= 11 is 1.56. The summed E-state index contributed by atoms with van der Waals surface area (Å²) in [4.78, 5) is 23.5. The van der Waals surface area contributed by atoms with Crippen LogP contribution < -0.4 is 5.32 Å². The lowest BCUT2D eigenvalue weighted by molar-refractivity contribution is -0.150. The fourth-order valence-electron chi connectivity index (χ4n) is 2.19. The van der Waals surface area contributed by atoms with Gasteiger partial charge in [-0.25, -0.2) is 4.79 Å². The molecular formula is C15H19NO3S. The van der Waals surface area contributed by atoms with Crippen molar-refractivity contribution in [2.45, 2.75) is 44.8 Å². The van der Waals surface area contributed by atoms with Crippen LogP contribution in [-0.4, -0.2) is 24.0 Å². The van der Waals surface area contributed by atoms with Crippen LogP contribution in [0.4, 0.5) is 0 Å². The van der Waals surface area contributed by atoms with E-state index in [4.69, 9.17) is 4.74 Å². The van der Waals surface area contributed by atoms with E-state index in [1.807, 2.05) is 16.8 Å². The summed E-state index contributed by atoms with van der Waals surface area (Å²) in [6.45, 7) is 1.60. The Morgan fingerprint density at radius 1 is 1.45 bits per heavy atom. The zero-order valence-corrected chi connectivity index (χ0v) is 12.3. The lowest BCUT2D eigenvalue weighted by Crippen LogP contribution is -2.40. The number of amides is 1. The molecule has 2 rings (SSSR count). The zero-order valence-electron chi connectivity index (χ0n) is 11.5. The van der Waals surface area contributed by atoms with E-state index in [0.717, 1.165) is 31.2 Å². The normalized spacial score (nSPS) is 17.2. The largest absolute Gasteiger partial charge is 0.449 e. The standard InChI is InChI=1S/C15H19NO3S/c1-11(15(18)16-13-4-2-3-5-13)19-14(17)7-6-12-8-9-20-10-12/h6-11,13H,2-5H2,1H3,(H,16,18)/b7-6+/t11-/m0/s1. The molecule has 1 aromatic rings. The summed E-state index contributed by atoms with van der Waals surface area (Å²) in [5, 5.41) is 6.78. The minimum Gasteiger partial charge on any atom is -0.449 e. The highest BCUT2D eigenvalue weighted by Gasteiger charge is 2.22. The molecule has 4 nitrogen and oxygen atoms in total. The average molecular weight is 293 g/mol. The van der Waals surface area contributed by atoms with Crippen LogP contribution in [0.5, 0.6) is 0 Å². The molecule has 0 spiro atoms. The maximum Gasteiger partial charge on any atom is 0.331 e. The van der Waals surface area contributed by atoms with Gasteiger partial charge < -0.3 is 10.1 Å². The molecule has 0 aromatic carbocycles. The second-order valence-corrected chi connectivity index (χ2v) is 5.74. The molecule has 1 aliphatic carbocycles. The molecule has 108 valence electrons. The van der Waals surface area contributed by atoms with Gasteiger partial charge in [0, 0.05) is 12.1 Å². The van der Waals surface area contributed by atoms with Gasteiger partial charge in [-0.05, 0) is 48.2 Å². The van der Waals surface area contributed by atoms with E-state index in [1.165, 1.54) is 6.08 Å². The summed E-state index contributed by atoms with van der Waals surface area (Å²) in [6.07, 6.45) is 6.62. The first-order chi connectivity index (χ1) is 9.65. The van der Waals surface area contributed by atoms with Crippen molar-refractivity contribution in [3.8, 4) is 0 Å². The van der Waals surface area contributed by atoms with Crippen molar-refractivity contribution in [3.63, 3.8) is 0 Å². The van der Waals surface area contributed by atoms with Crippen LogP contribution in [0.15, 0.2) is 22.9 Å². The Kier molecular flexibility index (Phi) is 5.35. The van der Waals surface area contributed by atoms with Gasteiger partial charge in [-0.1, -0.05) is 12.8 Å². The van der Waals surface area contributed by atoms with Crippen molar-refractivity contribution in [1.29, 1.82) is 0 Å². The SMILES string of the molecule is C[C@H](OC(=O)/C=C/c1ccsc1)C(=O)NC1CCCC1. The van der Waals surface area contributed by atoms with Gasteiger partial charge in [0.05, 0.1) is 0 Å². The van der Waals surface area contributed by atoms with E-state index in [2.05, 4.69) is 5.32 Å². The third-order valence-electron chi connectivity index (χ3n) is 3.32. The maximum absolute atomic E-state index is 11.9. The highest BCUT2D eigenvalue weighted by Crippen LogP contribution is 2.17. The molecular weight excluding hydrogens is 274 g/mol. The predicted molar refractivity (Wildman–Crippen MR) is 79.3 cm³/mol. The third kappa shape index (κ3) is 4.49. The first-order valence-corrected chi connectivity index (χ1v) is 7.80. The molecule has 1 atom stereocenters. The molecule has 1 heterocycles. The molecule has 0 unspecified atom stereocenters.